The maximum Gasteiger partial charge on any atom is 0.490 e. The molecule has 2 atom stereocenters. The van der Waals surface area contributed by atoms with Crippen molar-refractivity contribution in [3.8, 4) is 11.1 Å². The molecular formula is C40H47F10N6O8+. The van der Waals surface area contributed by atoms with Crippen LogP contribution in [0.2, 0.25) is 0 Å². The second-order valence-electron chi connectivity index (χ2n) is 15.1. The number of nitrogens with two attached hydrogens (primary N) is 1. The number of piperazine rings is 2. The van der Waals surface area contributed by atoms with Gasteiger partial charge in [-0.3, -0.25) is 19.4 Å². The number of amides is 2. The molecule has 7 N–H and O–H groups in total. The topological polar surface area (TPSA) is 203 Å². The molecule has 2 heterocycles. The van der Waals surface area contributed by atoms with Crippen LogP contribution in [0.1, 0.15) is 34.0 Å². The van der Waals surface area contributed by atoms with Gasteiger partial charge in [-0.1, -0.05) is 36.4 Å². The van der Waals surface area contributed by atoms with E-state index in [4.69, 9.17) is 35.4 Å². The van der Waals surface area contributed by atoms with Gasteiger partial charge in [0, 0.05) is 63.0 Å². The number of quaternary nitrogens is 1. The van der Waals surface area contributed by atoms with Crippen molar-refractivity contribution in [2.24, 2.45) is 5.73 Å². The lowest BCUT2D eigenvalue weighted by Gasteiger charge is -2.44. The van der Waals surface area contributed by atoms with Gasteiger partial charge in [-0.2, -0.15) is 39.5 Å². The third kappa shape index (κ3) is 18.5. The van der Waals surface area contributed by atoms with E-state index in [0.717, 1.165) is 61.5 Å². The van der Waals surface area contributed by atoms with Crippen molar-refractivity contribution >= 4 is 29.7 Å². The number of aliphatic carboxylic acids is 3. The average molecular weight is 930 g/mol. The number of hydrogen-bond donors (Lipinski definition) is 6. The Hall–Kier alpha value is -5.85. The number of primary amides is 1. The normalized spacial score (nSPS) is 17.8. The Bertz CT molecular complexity index is 2030. The molecule has 5 rings (SSSR count). The van der Waals surface area contributed by atoms with Gasteiger partial charge in [0.15, 0.2) is 6.04 Å². The van der Waals surface area contributed by atoms with Gasteiger partial charge in [-0.25, -0.2) is 18.8 Å². The number of rotatable bonds is 9. The lowest BCUT2D eigenvalue weighted by Crippen LogP contribution is -2.65. The predicted octanol–water partition coefficient (Wildman–Crippen LogP) is 4.86. The monoisotopic (exact) mass is 929 g/mol. The molecular weight excluding hydrogens is 882 g/mol. The SMILES string of the molecule is C[C@H]1CN(Cc2cccc(-c3cc(CNC(=O)c4cccc(CN5CC[N+](C)(C)C(C(N)=O)C5)c4)ccc3F)c2)CCN1.O=C(O)C(F)(F)F.O=C(O)C(F)(F)F.O=C(O)C(F)(F)F. The molecule has 2 aliphatic rings. The molecule has 0 aromatic heterocycles. The fourth-order valence-electron chi connectivity index (χ4n) is 6.20. The van der Waals surface area contributed by atoms with Gasteiger partial charge in [-0.15, -0.1) is 0 Å². The molecule has 14 nitrogen and oxygen atoms in total. The molecule has 3 aromatic rings. The summed E-state index contributed by atoms with van der Waals surface area (Å²) < 4.78 is 111. The van der Waals surface area contributed by atoms with Crippen molar-refractivity contribution in [3.05, 3.63) is 94.8 Å². The van der Waals surface area contributed by atoms with Crippen molar-refractivity contribution in [3.63, 3.8) is 0 Å². The van der Waals surface area contributed by atoms with Crippen molar-refractivity contribution in [2.75, 3.05) is 53.4 Å². The first-order valence-corrected chi connectivity index (χ1v) is 18.9. The molecule has 0 saturated carbocycles. The molecule has 64 heavy (non-hydrogen) atoms. The number of benzene rings is 3. The van der Waals surface area contributed by atoms with Gasteiger partial charge in [0.1, 0.15) is 5.82 Å². The number of nitrogens with zero attached hydrogens (tertiary/aromatic N) is 3. The Labute approximate surface area is 359 Å². The Morgan fingerprint density at radius 2 is 1.23 bits per heavy atom. The van der Waals surface area contributed by atoms with E-state index in [-0.39, 0.29) is 30.2 Å². The zero-order valence-corrected chi connectivity index (χ0v) is 34.5. The van der Waals surface area contributed by atoms with Gasteiger partial charge in [0.2, 0.25) is 0 Å². The Morgan fingerprint density at radius 1 is 0.734 bits per heavy atom. The van der Waals surface area contributed by atoms with Crippen molar-refractivity contribution in [1.29, 1.82) is 0 Å². The standard InChI is InChI=1S/C34H43FN6O2.3C2HF3O2/c1-24-20-39(13-12-37-24)21-26-6-4-8-28(16-26)30-18-25(10-11-31(30)35)19-38-34(43)29-9-5-7-27(17-29)22-40-14-15-41(2,3)32(23-40)33(36)42;3*3-2(4,5)1(6)7/h4-11,16-18,24,32,37H,12-15,19-23H2,1-3H3,(H2-,36,38,42,43);3*(H,6,7)/p+1/t24-,32?;;;/m0.../s1. The quantitative estimate of drug-likeness (QED) is 0.126. The fraction of sp³-hybridized carbons (Fsp3) is 0.425. The lowest BCUT2D eigenvalue weighted by atomic mass is 10.00. The Balaban J connectivity index is 0.000000553. The number of likely N-dealkylation sites (N-methyl/N-ethyl adjacent to an activating group) is 1. The molecule has 2 saturated heterocycles. The van der Waals surface area contributed by atoms with Gasteiger partial charge in [0.25, 0.3) is 11.8 Å². The summed E-state index contributed by atoms with van der Waals surface area (Å²) >= 11 is 0. The molecule has 2 aliphatic heterocycles. The van der Waals surface area contributed by atoms with Crippen LogP contribution >= 0.6 is 0 Å². The van der Waals surface area contributed by atoms with E-state index in [1.807, 2.05) is 50.5 Å². The maximum atomic E-state index is 15.0. The molecule has 2 amide bonds. The van der Waals surface area contributed by atoms with Gasteiger partial charge >= 0.3 is 36.4 Å². The van der Waals surface area contributed by atoms with Crippen LogP contribution in [0.15, 0.2) is 66.7 Å². The van der Waals surface area contributed by atoms with E-state index in [1.54, 1.807) is 12.1 Å². The summed E-state index contributed by atoms with van der Waals surface area (Å²) in [5.74, 6) is -9.03. The predicted molar refractivity (Wildman–Crippen MR) is 208 cm³/mol. The second kappa shape index (κ2) is 23.2. The van der Waals surface area contributed by atoms with E-state index in [2.05, 4.69) is 39.5 Å². The number of carboxylic acid groups (broad SMARTS) is 3. The molecule has 0 bridgehead atoms. The number of hydrogen-bond acceptors (Lipinski definition) is 8. The molecule has 2 fully saturated rings. The van der Waals surface area contributed by atoms with Crippen LogP contribution < -0.4 is 16.4 Å². The maximum absolute atomic E-state index is 15.0. The van der Waals surface area contributed by atoms with E-state index >= 15 is 0 Å². The Morgan fingerprint density at radius 3 is 1.73 bits per heavy atom. The summed E-state index contributed by atoms with van der Waals surface area (Å²) in [4.78, 5) is 56.4. The lowest BCUT2D eigenvalue weighted by molar-refractivity contribution is -0.910. The summed E-state index contributed by atoms with van der Waals surface area (Å²) in [5.41, 5.74) is 10.6. The van der Waals surface area contributed by atoms with E-state index in [9.17, 15) is 53.5 Å². The number of halogens is 10. The Kier molecular flexibility index (Phi) is 19.7. The molecule has 24 heteroatoms. The van der Waals surface area contributed by atoms with Crippen LogP contribution in [0.5, 0.6) is 0 Å². The van der Waals surface area contributed by atoms with Crippen molar-refractivity contribution in [2.45, 2.75) is 57.2 Å². The van der Waals surface area contributed by atoms with Crippen LogP contribution in [0.25, 0.3) is 11.1 Å². The highest BCUT2D eigenvalue weighted by atomic mass is 19.4. The highest BCUT2D eigenvalue weighted by Crippen LogP contribution is 2.26. The molecule has 0 aliphatic carbocycles. The molecule has 1 unspecified atom stereocenters. The average Bonchev–Trinajstić information content (AvgIpc) is 3.18. The van der Waals surface area contributed by atoms with Crippen LogP contribution in [-0.4, -0.2) is 143 Å². The molecule has 0 radical (unpaired) electrons. The van der Waals surface area contributed by atoms with E-state index in [0.29, 0.717) is 34.7 Å². The van der Waals surface area contributed by atoms with Crippen LogP contribution in [-0.2, 0) is 38.8 Å². The molecule has 3 aromatic carbocycles. The number of carbonyl (C=O) groups excluding carboxylic acids is 2. The minimum atomic E-state index is -5.08. The van der Waals surface area contributed by atoms with E-state index in [1.165, 1.54) is 6.07 Å². The van der Waals surface area contributed by atoms with Crippen LogP contribution in [0, 0.1) is 5.82 Å². The second-order valence-corrected chi connectivity index (χ2v) is 15.1. The largest absolute Gasteiger partial charge is 0.490 e. The summed E-state index contributed by atoms with van der Waals surface area (Å²) in [7, 11) is 4.07. The van der Waals surface area contributed by atoms with Gasteiger partial charge in [0.05, 0.1) is 27.2 Å². The fourth-order valence-corrected chi connectivity index (χ4v) is 6.20. The van der Waals surface area contributed by atoms with Crippen molar-refractivity contribution in [1.82, 2.24) is 20.4 Å². The molecule has 0 spiro atoms. The summed E-state index contributed by atoms with van der Waals surface area (Å²) in [6, 6.07) is 20.8. The van der Waals surface area contributed by atoms with Gasteiger partial charge < -0.3 is 36.2 Å². The van der Waals surface area contributed by atoms with Crippen LogP contribution in [0.4, 0.5) is 43.9 Å². The summed E-state index contributed by atoms with van der Waals surface area (Å²) in [5, 5.41) is 27.8. The summed E-state index contributed by atoms with van der Waals surface area (Å²) in [6.07, 6.45) is -15.3. The number of carboxylic acids is 3. The van der Waals surface area contributed by atoms with Gasteiger partial charge in [-0.05, 0) is 59.5 Å². The highest BCUT2D eigenvalue weighted by molar-refractivity contribution is 5.94. The number of carbonyl (C=O) groups is 5. The number of nitrogens with one attached hydrogen (secondary N) is 2. The first-order valence-electron chi connectivity index (χ1n) is 18.9. The van der Waals surface area contributed by atoms with E-state index < -0.39 is 36.4 Å². The zero-order valence-electron chi connectivity index (χ0n) is 34.5. The van der Waals surface area contributed by atoms with Crippen molar-refractivity contribution < 1.29 is 87.7 Å². The smallest absolute Gasteiger partial charge is 0.475 e. The first-order chi connectivity index (χ1) is 29.4. The summed E-state index contributed by atoms with van der Waals surface area (Å²) in [6.45, 7) is 9.16. The third-order valence-electron chi connectivity index (χ3n) is 9.50. The highest BCUT2D eigenvalue weighted by Gasteiger charge is 2.40. The minimum absolute atomic E-state index is 0.188. The molecule has 354 valence electrons. The first kappa shape index (κ1) is 54.3. The third-order valence-corrected chi connectivity index (χ3v) is 9.50. The minimum Gasteiger partial charge on any atom is -0.475 e. The zero-order chi connectivity index (χ0) is 48.8. The number of alkyl halides is 9. The van der Waals surface area contributed by atoms with Crippen LogP contribution in [0.3, 0.4) is 0 Å².